The van der Waals surface area contributed by atoms with Crippen LogP contribution in [-0.4, -0.2) is 41.4 Å². The van der Waals surface area contributed by atoms with E-state index < -0.39 is 0 Å². The molecule has 1 aliphatic heterocycles. The first kappa shape index (κ1) is 23.9. The number of carbonyl (C=O) groups is 2. The number of H-pyrrole nitrogens is 1. The van der Waals surface area contributed by atoms with E-state index in [4.69, 9.17) is 11.6 Å². The van der Waals surface area contributed by atoms with Gasteiger partial charge in [0.1, 0.15) is 11.4 Å². The van der Waals surface area contributed by atoms with Gasteiger partial charge in [-0.15, -0.1) is 11.6 Å². The molecule has 0 unspecified atom stereocenters. The van der Waals surface area contributed by atoms with Gasteiger partial charge in [0.2, 0.25) is 0 Å². The summed E-state index contributed by atoms with van der Waals surface area (Å²) in [5.74, 6) is 0.0185. The molecule has 0 spiro atoms. The summed E-state index contributed by atoms with van der Waals surface area (Å²) in [5.41, 5.74) is 4.95. The van der Waals surface area contributed by atoms with Crippen LogP contribution in [0, 0.1) is 0 Å². The first-order valence-electron chi connectivity index (χ1n) is 12.3. The number of aromatic hydroxyl groups is 1. The normalized spacial score (nSPS) is 14.6. The highest BCUT2D eigenvalue weighted by molar-refractivity contribution is 6.19. The van der Waals surface area contributed by atoms with Crippen molar-refractivity contribution in [3.63, 3.8) is 0 Å². The summed E-state index contributed by atoms with van der Waals surface area (Å²) >= 11 is 6.33. The van der Waals surface area contributed by atoms with E-state index in [1.807, 2.05) is 55.6 Å². The smallest absolute Gasteiger partial charge is 0.274 e. The quantitative estimate of drug-likeness (QED) is 0.203. The topological polar surface area (TPSA) is 97.5 Å². The van der Waals surface area contributed by atoms with E-state index in [2.05, 4.69) is 15.6 Å². The standard InChI is InChI=1S/C30H25ClN4O3/c1-32-20-8-6-17(7-9-20)29(37)33-21-10-11-24-18(12-21)13-25(34-24)30(38)35-16-19(15-31)28-23-5-3-2-4-22(23)27(36)14-26(28)35/h2-14,19,32,34,36H,15-16H2,1H3,(H,33,37)/t19-/m1/s1. The number of hydrogen-bond acceptors (Lipinski definition) is 4. The zero-order valence-corrected chi connectivity index (χ0v) is 21.3. The molecular weight excluding hydrogens is 500 g/mol. The number of fused-ring (bicyclic) bond motifs is 4. The van der Waals surface area contributed by atoms with Gasteiger partial charge < -0.3 is 25.6 Å². The van der Waals surface area contributed by atoms with Crippen LogP contribution in [0.2, 0.25) is 0 Å². The Hall–Kier alpha value is -4.49. The van der Waals surface area contributed by atoms with Crippen molar-refractivity contribution in [2.75, 3.05) is 35.0 Å². The van der Waals surface area contributed by atoms with Gasteiger partial charge in [-0.05, 0) is 59.5 Å². The van der Waals surface area contributed by atoms with Crippen LogP contribution in [0.4, 0.5) is 17.1 Å². The second-order valence-electron chi connectivity index (χ2n) is 9.41. The average Bonchev–Trinajstić information content (AvgIpc) is 3.54. The van der Waals surface area contributed by atoms with Crippen molar-refractivity contribution in [1.29, 1.82) is 0 Å². The highest BCUT2D eigenvalue weighted by atomic mass is 35.5. The van der Waals surface area contributed by atoms with Gasteiger partial charge in [0.15, 0.2) is 0 Å². The molecule has 1 aromatic heterocycles. The lowest BCUT2D eigenvalue weighted by Crippen LogP contribution is -2.30. The molecule has 0 saturated heterocycles. The molecule has 7 nitrogen and oxygen atoms in total. The molecule has 38 heavy (non-hydrogen) atoms. The van der Waals surface area contributed by atoms with Gasteiger partial charge in [-0.1, -0.05) is 24.3 Å². The van der Waals surface area contributed by atoms with Gasteiger partial charge in [-0.3, -0.25) is 9.59 Å². The van der Waals surface area contributed by atoms with Crippen molar-refractivity contribution in [3.05, 3.63) is 95.7 Å². The van der Waals surface area contributed by atoms with Gasteiger partial charge in [-0.2, -0.15) is 0 Å². The third kappa shape index (κ3) is 4.01. The number of anilines is 3. The molecule has 0 fully saturated rings. The molecule has 1 atom stereocenters. The van der Waals surface area contributed by atoms with E-state index in [1.165, 1.54) is 0 Å². The lowest BCUT2D eigenvalue weighted by molar-refractivity contribution is 0.0983. The fraction of sp³-hybridized carbons (Fsp3) is 0.133. The predicted molar refractivity (Wildman–Crippen MR) is 153 cm³/mol. The number of phenols is 1. The SMILES string of the molecule is CNc1ccc(C(=O)Nc2ccc3[nH]c(C(=O)N4C[C@@H](CCl)c5c4cc(O)c4ccccc54)cc3c2)cc1. The number of carbonyl (C=O) groups excluding carboxylic acids is 2. The number of benzene rings is 4. The van der Waals surface area contributed by atoms with Crippen LogP contribution in [0.25, 0.3) is 21.7 Å². The first-order chi connectivity index (χ1) is 18.5. The molecular formula is C30H25ClN4O3. The summed E-state index contributed by atoms with van der Waals surface area (Å²) < 4.78 is 0. The molecule has 2 heterocycles. The Kier molecular flexibility index (Phi) is 5.93. The third-order valence-corrected chi connectivity index (χ3v) is 7.49. The summed E-state index contributed by atoms with van der Waals surface area (Å²) in [6.45, 7) is 0.425. The van der Waals surface area contributed by atoms with Crippen LogP contribution in [0.5, 0.6) is 5.75 Å². The van der Waals surface area contributed by atoms with Crippen molar-refractivity contribution in [2.45, 2.75) is 5.92 Å². The molecule has 1 aliphatic rings. The Balaban J connectivity index is 1.29. The minimum absolute atomic E-state index is 0.0468. The minimum Gasteiger partial charge on any atom is -0.507 e. The molecule has 4 N–H and O–H groups in total. The third-order valence-electron chi connectivity index (χ3n) is 7.12. The van der Waals surface area contributed by atoms with E-state index in [0.29, 0.717) is 35.1 Å². The van der Waals surface area contributed by atoms with E-state index >= 15 is 0 Å². The Bertz CT molecular complexity index is 1710. The monoisotopic (exact) mass is 524 g/mol. The number of amides is 2. The van der Waals surface area contributed by atoms with Gasteiger partial charge in [0.25, 0.3) is 11.8 Å². The lowest BCUT2D eigenvalue weighted by Gasteiger charge is -2.17. The fourth-order valence-corrected chi connectivity index (χ4v) is 5.46. The van der Waals surface area contributed by atoms with Gasteiger partial charge in [0, 0.05) is 64.7 Å². The molecule has 4 aromatic carbocycles. The molecule has 190 valence electrons. The van der Waals surface area contributed by atoms with Crippen molar-refractivity contribution >= 4 is 62.2 Å². The lowest BCUT2D eigenvalue weighted by atomic mass is 9.95. The van der Waals surface area contributed by atoms with Crippen molar-refractivity contribution in [2.24, 2.45) is 0 Å². The van der Waals surface area contributed by atoms with Crippen LogP contribution in [0.15, 0.2) is 78.9 Å². The summed E-state index contributed by atoms with van der Waals surface area (Å²) in [4.78, 5) is 31.3. The van der Waals surface area contributed by atoms with Crippen LogP contribution in [0.3, 0.4) is 0 Å². The maximum atomic E-state index is 13.7. The maximum absolute atomic E-state index is 13.7. The van der Waals surface area contributed by atoms with Crippen molar-refractivity contribution in [1.82, 2.24) is 4.98 Å². The summed E-state index contributed by atoms with van der Waals surface area (Å²) in [6.07, 6.45) is 0. The summed E-state index contributed by atoms with van der Waals surface area (Å²) in [7, 11) is 1.82. The maximum Gasteiger partial charge on any atom is 0.274 e. The predicted octanol–water partition coefficient (Wildman–Crippen LogP) is 6.30. The van der Waals surface area contributed by atoms with E-state index in [1.54, 1.807) is 35.2 Å². The van der Waals surface area contributed by atoms with Crippen LogP contribution >= 0.6 is 11.6 Å². The molecule has 0 radical (unpaired) electrons. The summed E-state index contributed by atoms with van der Waals surface area (Å²) in [5, 5.41) is 19.1. The number of halogens is 1. The number of nitrogens with zero attached hydrogens (tertiary/aromatic N) is 1. The van der Waals surface area contributed by atoms with Crippen LogP contribution in [0.1, 0.15) is 32.3 Å². The van der Waals surface area contributed by atoms with E-state index in [0.717, 1.165) is 32.9 Å². The molecule has 0 bridgehead atoms. The first-order valence-corrected chi connectivity index (χ1v) is 12.8. The number of alkyl halides is 1. The number of nitrogens with one attached hydrogen (secondary N) is 3. The highest BCUT2D eigenvalue weighted by Gasteiger charge is 2.35. The van der Waals surface area contributed by atoms with Gasteiger partial charge in [0.05, 0.1) is 5.69 Å². The molecule has 5 aromatic rings. The van der Waals surface area contributed by atoms with Crippen LogP contribution in [-0.2, 0) is 0 Å². The number of aromatic nitrogens is 1. The molecule has 0 aliphatic carbocycles. The molecule has 2 amide bonds. The van der Waals surface area contributed by atoms with E-state index in [9.17, 15) is 14.7 Å². The Morgan fingerprint density at radius 1 is 1.00 bits per heavy atom. The average molecular weight is 525 g/mol. The summed E-state index contributed by atoms with van der Waals surface area (Å²) in [6, 6.07) is 23.7. The molecule has 6 rings (SSSR count). The van der Waals surface area contributed by atoms with Gasteiger partial charge >= 0.3 is 0 Å². The Labute approximate surface area is 224 Å². The zero-order chi connectivity index (χ0) is 26.4. The number of rotatable bonds is 5. The minimum atomic E-state index is -0.216. The number of aromatic amines is 1. The van der Waals surface area contributed by atoms with Crippen LogP contribution < -0.4 is 15.5 Å². The Morgan fingerprint density at radius 2 is 1.74 bits per heavy atom. The highest BCUT2D eigenvalue weighted by Crippen LogP contribution is 2.45. The Morgan fingerprint density at radius 3 is 2.47 bits per heavy atom. The molecule has 8 heteroatoms. The number of phenolic OH excluding ortho intramolecular Hbond substituents is 1. The zero-order valence-electron chi connectivity index (χ0n) is 20.6. The van der Waals surface area contributed by atoms with Crippen molar-refractivity contribution < 1.29 is 14.7 Å². The second kappa shape index (κ2) is 9.43. The van der Waals surface area contributed by atoms with E-state index in [-0.39, 0.29) is 23.5 Å². The number of hydrogen-bond donors (Lipinski definition) is 4. The largest absolute Gasteiger partial charge is 0.507 e. The van der Waals surface area contributed by atoms with Gasteiger partial charge in [-0.25, -0.2) is 0 Å². The fourth-order valence-electron chi connectivity index (χ4n) is 5.21. The second-order valence-corrected chi connectivity index (χ2v) is 9.72. The molecule has 0 saturated carbocycles. The van der Waals surface area contributed by atoms with Crippen molar-refractivity contribution in [3.8, 4) is 5.75 Å².